The summed E-state index contributed by atoms with van der Waals surface area (Å²) in [5.41, 5.74) is 1.30. The molecule has 0 aliphatic heterocycles. The monoisotopic (exact) mass is 191 g/mol. The van der Waals surface area contributed by atoms with Gasteiger partial charge in [0, 0.05) is 11.6 Å². The molecule has 1 aromatic rings. The van der Waals surface area contributed by atoms with Gasteiger partial charge in [-0.05, 0) is 12.5 Å². The molecule has 0 saturated carbocycles. The van der Waals surface area contributed by atoms with Gasteiger partial charge in [-0.2, -0.15) is 0 Å². The third-order valence-electron chi connectivity index (χ3n) is 1.71. The number of nitro groups is 1. The number of hydrogen-bond donors (Lipinski definition) is 0. The molecule has 4 heteroatoms. The second kappa shape index (κ2) is 4.32. The number of Topliss-reactive ketones (excluding diaryl/α,β-unsaturated/α-hetero) is 1. The van der Waals surface area contributed by atoms with E-state index in [0.717, 1.165) is 6.20 Å². The van der Waals surface area contributed by atoms with Crippen LogP contribution in [0.2, 0.25) is 0 Å². The van der Waals surface area contributed by atoms with Crippen molar-refractivity contribution in [3.63, 3.8) is 0 Å². The Balaban J connectivity index is 2.83. The Hall–Kier alpha value is -1.97. The van der Waals surface area contributed by atoms with Gasteiger partial charge in [0.2, 0.25) is 6.20 Å². The van der Waals surface area contributed by atoms with E-state index in [1.807, 2.05) is 0 Å². The molecule has 0 fully saturated rings. The lowest BCUT2D eigenvalue weighted by Gasteiger charge is -1.95. The molecule has 1 aromatic carbocycles. The maximum absolute atomic E-state index is 10.9. The molecule has 0 amide bonds. The van der Waals surface area contributed by atoms with Crippen LogP contribution in [0.1, 0.15) is 22.8 Å². The number of benzene rings is 1. The summed E-state index contributed by atoms with van der Waals surface area (Å²) >= 11 is 0. The largest absolute Gasteiger partial charge is 0.295 e. The number of nitrogens with zero attached hydrogens (tertiary/aromatic N) is 1. The molecule has 0 bridgehead atoms. The van der Waals surface area contributed by atoms with E-state index in [4.69, 9.17) is 0 Å². The first-order valence-corrected chi connectivity index (χ1v) is 4.02. The van der Waals surface area contributed by atoms with Crippen LogP contribution < -0.4 is 0 Å². The van der Waals surface area contributed by atoms with Crippen LogP contribution in [0, 0.1) is 10.1 Å². The number of ketones is 1. The minimum atomic E-state index is -0.529. The van der Waals surface area contributed by atoms with Crippen molar-refractivity contribution in [3.05, 3.63) is 51.7 Å². The van der Waals surface area contributed by atoms with E-state index >= 15 is 0 Å². The molecule has 0 radical (unpaired) electrons. The second-order valence-corrected chi connectivity index (χ2v) is 2.78. The molecule has 0 N–H and O–H groups in total. The van der Waals surface area contributed by atoms with Gasteiger partial charge in [0.25, 0.3) is 0 Å². The van der Waals surface area contributed by atoms with E-state index in [0.29, 0.717) is 11.1 Å². The van der Waals surface area contributed by atoms with E-state index in [2.05, 4.69) is 0 Å². The number of carbonyl (C=O) groups is 1. The molecule has 0 heterocycles. The Labute approximate surface area is 81.0 Å². The normalized spacial score (nSPS) is 10.4. The molecule has 0 aromatic heterocycles. The van der Waals surface area contributed by atoms with Gasteiger partial charge in [-0.25, -0.2) is 0 Å². The van der Waals surface area contributed by atoms with Crippen molar-refractivity contribution >= 4 is 11.9 Å². The summed E-state index contributed by atoms with van der Waals surface area (Å²) in [4.78, 5) is 20.4. The summed E-state index contributed by atoms with van der Waals surface area (Å²) in [6.45, 7) is 1.47. The quantitative estimate of drug-likeness (QED) is 0.417. The van der Waals surface area contributed by atoms with Crippen LogP contribution in [-0.4, -0.2) is 10.7 Å². The summed E-state index contributed by atoms with van der Waals surface area (Å²) in [7, 11) is 0. The average molecular weight is 191 g/mol. The SMILES string of the molecule is CC(=O)c1ccc(C=C[N+](=O)[O-])cc1. The summed E-state index contributed by atoms with van der Waals surface area (Å²) < 4.78 is 0. The lowest BCUT2D eigenvalue weighted by molar-refractivity contribution is -0.400. The predicted molar refractivity (Wildman–Crippen MR) is 52.5 cm³/mol. The zero-order valence-corrected chi connectivity index (χ0v) is 7.64. The molecule has 72 valence electrons. The molecule has 1 rings (SSSR count). The molecular weight excluding hydrogens is 182 g/mol. The first kappa shape index (κ1) is 10.1. The van der Waals surface area contributed by atoms with Crippen molar-refractivity contribution in [2.24, 2.45) is 0 Å². The van der Waals surface area contributed by atoms with Gasteiger partial charge in [0.15, 0.2) is 5.78 Å². The van der Waals surface area contributed by atoms with Crippen LogP contribution in [0.4, 0.5) is 0 Å². The van der Waals surface area contributed by atoms with E-state index in [-0.39, 0.29) is 5.78 Å². The van der Waals surface area contributed by atoms with Gasteiger partial charge in [0.05, 0.1) is 4.92 Å². The minimum Gasteiger partial charge on any atom is -0.295 e. The Morgan fingerprint density at radius 2 is 1.93 bits per heavy atom. The second-order valence-electron chi connectivity index (χ2n) is 2.78. The fourth-order valence-corrected chi connectivity index (χ4v) is 0.976. The van der Waals surface area contributed by atoms with E-state index < -0.39 is 4.92 Å². The molecule has 0 aliphatic carbocycles. The van der Waals surface area contributed by atoms with E-state index in [9.17, 15) is 14.9 Å². The molecule has 14 heavy (non-hydrogen) atoms. The molecule has 0 aliphatic rings. The first-order chi connectivity index (χ1) is 6.59. The summed E-state index contributed by atoms with van der Waals surface area (Å²) in [6, 6.07) is 6.61. The minimum absolute atomic E-state index is 0.0187. The predicted octanol–water partition coefficient (Wildman–Crippen LogP) is 2.14. The summed E-state index contributed by atoms with van der Waals surface area (Å²) in [6.07, 6.45) is 2.24. The maximum Gasteiger partial charge on any atom is 0.235 e. The van der Waals surface area contributed by atoms with Crippen molar-refractivity contribution in [1.82, 2.24) is 0 Å². The van der Waals surface area contributed by atoms with Crippen LogP contribution in [0.15, 0.2) is 30.5 Å². The Morgan fingerprint density at radius 1 is 1.36 bits per heavy atom. The molecule has 0 saturated heterocycles. The highest BCUT2D eigenvalue weighted by molar-refractivity contribution is 5.94. The fraction of sp³-hybridized carbons (Fsp3) is 0.100. The summed E-state index contributed by atoms with van der Waals surface area (Å²) in [5.74, 6) is -0.0187. The van der Waals surface area contributed by atoms with Crippen LogP contribution in [0.3, 0.4) is 0 Å². The zero-order valence-electron chi connectivity index (χ0n) is 7.64. The van der Waals surface area contributed by atoms with Gasteiger partial charge in [-0.3, -0.25) is 14.9 Å². The zero-order chi connectivity index (χ0) is 10.6. The standard InChI is InChI=1S/C10H9NO3/c1-8(12)10-4-2-9(3-5-10)6-7-11(13)14/h2-7H,1H3. The van der Waals surface area contributed by atoms with Crippen molar-refractivity contribution in [2.45, 2.75) is 6.92 Å². The third-order valence-corrected chi connectivity index (χ3v) is 1.71. The molecule has 0 atom stereocenters. The molecule has 0 spiro atoms. The average Bonchev–Trinajstić information content (AvgIpc) is 2.15. The lowest BCUT2D eigenvalue weighted by atomic mass is 10.1. The molecule has 4 nitrogen and oxygen atoms in total. The topological polar surface area (TPSA) is 60.2 Å². The van der Waals surface area contributed by atoms with Crippen molar-refractivity contribution in [2.75, 3.05) is 0 Å². The van der Waals surface area contributed by atoms with Crippen LogP contribution in [0.25, 0.3) is 6.08 Å². The van der Waals surface area contributed by atoms with E-state index in [1.165, 1.54) is 13.0 Å². The van der Waals surface area contributed by atoms with Crippen molar-refractivity contribution in [3.8, 4) is 0 Å². The van der Waals surface area contributed by atoms with Gasteiger partial charge in [-0.1, -0.05) is 24.3 Å². The summed E-state index contributed by atoms with van der Waals surface area (Å²) in [5, 5.41) is 10.0. The number of rotatable bonds is 3. The first-order valence-electron chi connectivity index (χ1n) is 4.02. The van der Waals surface area contributed by atoms with Crippen LogP contribution in [-0.2, 0) is 0 Å². The third kappa shape index (κ3) is 2.82. The highest BCUT2D eigenvalue weighted by Gasteiger charge is 1.97. The van der Waals surface area contributed by atoms with Gasteiger partial charge in [0.1, 0.15) is 0 Å². The van der Waals surface area contributed by atoms with E-state index in [1.54, 1.807) is 24.3 Å². The number of carbonyl (C=O) groups excluding carboxylic acids is 1. The number of hydrogen-bond acceptors (Lipinski definition) is 3. The highest BCUT2D eigenvalue weighted by Crippen LogP contribution is 2.06. The maximum atomic E-state index is 10.9. The molecule has 0 unspecified atom stereocenters. The lowest BCUT2D eigenvalue weighted by Crippen LogP contribution is -1.90. The Bertz CT molecular complexity index is 379. The Morgan fingerprint density at radius 3 is 2.36 bits per heavy atom. The van der Waals surface area contributed by atoms with Gasteiger partial charge < -0.3 is 0 Å². The van der Waals surface area contributed by atoms with Crippen molar-refractivity contribution < 1.29 is 9.72 Å². The van der Waals surface area contributed by atoms with Gasteiger partial charge >= 0.3 is 0 Å². The van der Waals surface area contributed by atoms with Gasteiger partial charge in [-0.15, -0.1) is 0 Å². The Kier molecular flexibility index (Phi) is 3.12. The van der Waals surface area contributed by atoms with Crippen molar-refractivity contribution in [1.29, 1.82) is 0 Å². The van der Waals surface area contributed by atoms with Crippen LogP contribution >= 0.6 is 0 Å². The molecular formula is C10H9NO3. The fourth-order valence-electron chi connectivity index (χ4n) is 0.976. The van der Waals surface area contributed by atoms with Crippen LogP contribution in [0.5, 0.6) is 0 Å². The smallest absolute Gasteiger partial charge is 0.235 e. The highest BCUT2D eigenvalue weighted by atomic mass is 16.6.